The maximum absolute atomic E-state index is 14.0. The Balaban J connectivity index is 1.70. The lowest BCUT2D eigenvalue weighted by molar-refractivity contribution is -0.145. The molecule has 15 heteroatoms. The third-order valence-electron chi connectivity index (χ3n) is 9.00. The minimum Gasteiger partial charge on any atom is -0.466 e. The van der Waals surface area contributed by atoms with Crippen molar-refractivity contribution in [2.75, 3.05) is 11.5 Å². The van der Waals surface area contributed by atoms with Crippen LogP contribution in [-0.2, 0) is 39.4 Å². The monoisotopic (exact) mass is 691 g/mol. The number of hydrogen-bond acceptors (Lipinski definition) is 5. The van der Waals surface area contributed by atoms with Crippen molar-refractivity contribution in [1.82, 2.24) is 4.90 Å². The van der Waals surface area contributed by atoms with Crippen LogP contribution in [0.4, 0.5) is 45.2 Å². The summed E-state index contributed by atoms with van der Waals surface area (Å²) in [5.74, 6) is -1.16. The van der Waals surface area contributed by atoms with Crippen LogP contribution in [0.25, 0.3) is 0 Å². The average Bonchev–Trinajstić information content (AvgIpc) is 3.01. The van der Waals surface area contributed by atoms with Gasteiger partial charge in [-0.25, -0.2) is 0 Å². The van der Waals surface area contributed by atoms with E-state index in [4.69, 9.17) is 4.74 Å². The quantitative estimate of drug-likeness (QED) is 0.120. The molecule has 1 fully saturated rings. The van der Waals surface area contributed by atoms with Crippen molar-refractivity contribution in [1.29, 1.82) is 5.26 Å². The molecule has 262 valence electrons. The fourth-order valence-electron chi connectivity index (χ4n) is 6.64. The van der Waals surface area contributed by atoms with Crippen molar-refractivity contribution in [3.05, 3.63) is 64.2 Å². The van der Waals surface area contributed by atoms with E-state index in [0.717, 1.165) is 23.1 Å². The zero-order valence-electron chi connectivity index (χ0n) is 26.1. The number of fused-ring (bicyclic) bond motifs is 1. The molecule has 2 aromatic carbocycles. The fraction of sp³-hybridized carbons (Fsp3) is 0.545. The lowest BCUT2D eigenvalue weighted by atomic mass is 9.79. The summed E-state index contributed by atoms with van der Waals surface area (Å²) in [7, 11) is 0. The number of amides is 1. The topological polar surface area (TPSA) is 73.6 Å². The highest BCUT2D eigenvalue weighted by atomic mass is 19.4. The van der Waals surface area contributed by atoms with Crippen molar-refractivity contribution in [3.63, 3.8) is 0 Å². The highest BCUT2D eigenvalue weighted by Crippen LogP contribution is 2.46. The van der Waals surface area contributed by atoms with E-state index in [1.165, 1.54) is 4.90 Å². The molecule has 1 aliphatic heterocycles. The number of carbonyl (C=O) groups excluding carboxylic acids is 2. The van der Waals surface area contributed by atoms with E-state index in [-0.39, 0.29) is 54.6 Å². The highest BCUT2D eigenvalue weighted by Gasteiger charge is 2.43. The van der Waals surface area contributed by atoms with Gasteiger partial charge in [-0.05, 0) is 98.9 Å². The van der Waals surface area contributed by atoms with Crippen LogP contribution in [-0.4, -0.2) is 29.4 Å². The van der Waals surface area contributed by atoms with E-state index in [2.05, 4.69) is 0 Å². The predicted octanol–water partition coefficient (Wildman–Crippen LogP) is 9.04. The lowest BCUT2D eigenvalue weighted by Crippen LogP contribution is -2.49. The Kier molecular flexibility index (Phi) is 11.0. The van der Waals surface area contributed by atoms with Gasteiger partial charge in [0.2, 0.25) is 5.91 Å². The summed E-state index contributed by atoms with van der Waals surface area (Å²) < 4.78 is 128. The summed E-state index contributed by atoms with van der Waals surface area (Å²) in [4.78, 5) is 28.2. The first-order chi connectivity index (χ1) is 22.4. The van der Waals surface area contributed by atoms with Crippen molar-refractivity contribution in [3.8, 4) is 6.19 Å². The van der Waals surface area contributed by atoms with Crippen molar-refractivity contribution in [2.24, 2.45) is 11.8 Å². The first-order valence-electron chi connectivity index (χ1n) is 15.5. The van der Waals surface area contributed by atoms with Crippen LogP contribution in [0, 0.1) is 23.3 Å². The molecule has 0 N–H and O–H groups in total. The molecule has 2 aromatic rings. The minimum atomic E-state index is -5.14. The molecule has 1 saturated carbocycles. The Morgan fingerprint density at radius 3 is 1.96 bits per heavy atom. The number of rotatable bonds is 8. The molecule has 1 heterocycles. The van der Waals surface area contributed by atoms with Crippen molar-refractivity contribution in [2.45, 2.75) is 96.0 Å². The number of ether oxygens (including phenoxy) is 1. The Morgan fingerprint density at radius 2 is 1.46 bits per heavy atom. The number of anilines is 1. The number of nitrogens with zero attached hydrogens (tertiary/aromatic N) is 3. The number of halogens is 9. The molecule has 0 saturated heterocycles. The molecule has 1 aliphatic carbocycles. The maximum atomic E-state index is 14.0. The Hall–Kier alpha value is -3.96. The first-order valence-corrected chi connectivity index (χ1v) is 15.5. The molecule has 2 aliphatic rings. The van der Waals surface area contributed by atoms with Crippen LogP contribution in [0.5, 0.6) is 0 Å². The van der Waals surface area contributed by atoms with Gasteiger partial charge in [0.1, 0.15) is 0 Å². The van der Waals surface area contributed by atoms with Crippen LogP contribution in [0.3, 0.4) is 0 Å². The molecule has 2 atom stereocenters. The second-order valence-corrected chi connectivity index (χ2v) is 12.2. The van der Waals surface area contributed by atoms with Gasteiger partial charge >= 0.3 is 24.5 Å². The van der Waals surface area contributed by atoms with Crippen molar-refractivity contribution >= 4 is 17.6 Å². The largest absolute Gasteiger partial charge is 0.466 e. The SMILES string of the molecule is CCOC(=O)CC1CCC(C(=O)N2c3ccc(C(F)(F)F)cc3[C@@H](N(C#N)Cc3cc(C(F)(F)F)cc(C(F)(F)F)c3)C[C@H]2CC)CC1. The Bertz CT molecular complexity index is 1490. The van der Waals surface area contributed by atoms with Crippen molar-refractivity contribution < 1.29 is 53.8 Å². The number of benzene rings is 2. The van der Waals surface area contributed by atoms with Gasteiger partial charge in [0.15, 0.2) is 6.19 Å². The van der Waals surface area contributed by atoms with Gasteiger partial charge in [-0.1, -0.05) is 6.92 Å². The molecular formula is C33H34F9N3O3. The van der Waals surface area contributed by atoms with E-state index in [1.807, 2.05) is 0 Å². The number of alkyl halides is 9. The summed E-state index contributed by atoms with van der Waals surface area (Å²) in [5, 5.41) is 10.1. The summed E-state index contributed by atoms with van der Waals surface area (Å²) in [6, 6.07) is 1.74. The summed E-state index contributed by atoms with van der Waals surface area (Å²) in [5.41, 5.74) is -4.79. The standard InChI is InChI=1S/C33H34F9N3O3/c1-3-25-16-28(44(18-43)17-20-11-23(32(37,38)39)14-24(12-20)33(40,41)42)26-15-22(31(34,35)36)9-10-27(26)45(25)30(47)21-7-5-19(6-8-21)13-29(46)48-4-2/h9-12,14-15,19,21,25,28H,3-8,13,16-17H2,1-2H3/t19?,21?,25-,28+/m1/s1. The smallest absolute Gasteiger partial charge is 0.416 e. The third kappa shape index (κ3) is 8.36. The van der Waals surface area contributed by atoms with Gasteiger partial charge in [0.25, 0.3) is 0 Å². The minimum absolute atomic E-state index is 0.0142. The van der Waals surface area contributed by atoms with E-state index < -0.39 is 65.3 Å². The molecule has 1 amide bonds. The lowest BCUT2D eigenvalue weighted by Gasteiger charge is -2.45. The predicted molar refractivity (Wildman–Crippen MR) is 155 cm³/mol. The Labute approximate surface area is 271 Å². The van der Waals surface area contributed by atoms with Gasteiger partial charge < -0.3 is 9.64 Å². The molecule has 0 spiro atoms. The van der Waals surface area contributed by atoms with E-state index in [0.29, 0.717) is 44.2 Å². The summed E-state index contributed by atoms with van der Waals surface area (Å²) in [6.07, 6.45) is -11.0. The molecule has 0 bridgehead atoms. The van der Waals surface area contributed by atoms with Crippen LogP contribution in [0.15, 0.2) is 36.4 Å². The number of carbonyl (C=O) groups is 2. The van der Waals surface area contributed by atoms with Gasteiger partial charge in [0.05, 0.1) is 35.9 Å². The normalized spacial score (nSPS) is 21.7. The number of nitriles is 1. The van der Waals surface area contributed by atoms with E-state index >= 15 is 0 Å². The molecule has 4 rings (SSSR count). The third-order valence-corrected chi connectivity index (χ3v) is 9.00. The zero-order valence-corrected chi connectivity index (χ0v) is 26.1. The molecule has 6 nitrogen and oxygen atoms in total. The van der Waals surface area contributed by atoms with Gasteiger partial charge in [0, 0.05) is 24.1 Å². The maximum Gasteiger partial charge on any atom is 0.416 e. The second kappa shape index (κ2) is 14.3. The molecule has 0 unspecified atom stereocenters. The average molecular weight is 692 g/mol. The number of hydrogen-bond donors (Lipinski definition) is 0. The van der Waals surface area contributed by atoms with Crippen LogP contribution in [0.2, 0.25) is 0 Å². The van der Waals surface area contributed by atoms with Crippen LogP contribution >= 0.6 is 0 Å². The molecule has 0 radical (unpaired) electrons. The van der Waals surface area contributed by atoms with E-state index in [9.17, 15) is 54.4 Å². The van der Waals surface area contributed by atoms with Gasteiger partial charge in [-0.2, -0.15) is 44.8 Å². The summed E-state index contributed by atoms with van der Waals surface area (Å²) >= 11 is 0. The molecule has 0 aromatic heterocycles. The molecule has 48 heavy (non-hydrogen) atoms. The Morgan fingerprint density at radius 1 is 0.875 bits per heavy atom. The van der Waals surface area contributed by atoms with E-state index in [1.54, 1.807) is 20.0 Å². The number of esters is 1. The highest BCUT2D eigenvalue weighted by molar-refractivity contribution is 5.97. The van der Waals surface area contributed by atoms with Crippen LogP contribution < -0.4 is 4.90 Å². The molecular weight excluding hydrogens is 657 g/mol. The zero-order chi connectivity index (χ0) is 35.6. The first kappa shape index (κ1) is 36.9. The van der Waals surface area contributed by atoms with Crippen LogP contribution in [0.1, 0.15) is 92.7 Å². The van der Waals surface area contributed by atoms with Gasteiger partial charge in [-0.15, -0.1) is 0 Å². The summed E-state index contributed by atoms with van der Waals surface area (Å²) in [6.45, 7) is 2.90. The van der Waals surface area contributed by atoms with Gasteiger partial charge in [-0.3, -0.25) is 14.5 Å². The fourth-order valence-corrected chi connectivity index (χ4v) is 6.64. The second-order valence-electron chi connectivity index (χ2n) is 12.2.